The van der Waals surface area contributed by atoms with E-state index in [1.54, 1.807) is 26.0 Å². The van der Waals surface area contributed by atoms with Gasteiger partial charge in [-0.3, -0.25) is 14.9 Å². The molecule has 142 valence electrons. The van der Waals surface area contributed by atoms with Gasteiger partial charge < -0.3 is 10.2 Å². The molecule has 1 fully saturated rings. The van der Waals surface area contributed by atoms with E-state index in [1.807, 2.05) is 0 Å². The van der Waals surface area contributed by atoms with Crippen molar-refractivity contribution in [2.45, 2.75) is 33.6 Å². The van der Waals surface area contributed by atoms with Crippen LogP contribution < -0.4 is 10.2 Å². The summed E-state index contributed by atoms with van der Waals surface area (Å²) >= 11 is 0. The van der Waals surface area contributed by atoms with Crippen molar-refractivity contribution in [3.05, 3.63) is 51.3 Å². The van der Waals surface area contributed by atoms with Crippen molar-refractivity contribution in [3.8, 4) is 0 Å². The third-order valence-electron chi connectivity index (χ3n) is 4.94. The van der Waals surface area contributed by atoms with E-state index < -0.39 is 4.92 Å². The van der Waals surface area contributed by atoms with Crippen LogP contribution in [0.4, 0.5) is 17.3 Å². The minimum atomic E-state index is -0.465. The Morgan fingerprint density at radius 3 is 2.63 bits per heavy atom. The molecule has 0 bridgehead atoms. The second-order valence-electron chi connectivity index (χ2n) is 7.05. The summed E-state index contributed by atoms with van der Waals surface area (Å²) in [5.74, 6) is 0.970. The van der Waals surface area contributed by atoms with Crippen LogP contribution in [0, 0.1) is 29.9 Å². The van der Waals surface area contributed by atoms with E-state index in [4.69, 9.17) is 0 Å². The summed E-state index contributed by atoms with van der Waals surface area (Å²) in [6.07, 6.45) is 3.74. The number of carbonyl (C=O) groups is 1. The van der Waals surface area contributed by atoms with E-state index in [2.05, 4.69) is 27.1 Å². The van der Waals surface area contributed by atoms with Crippen LogP contribution in [0.25, 0.3) is 0 Å². The Bertz CT molecular complexity index is 876. The highest BCUT2D eigenvalue weighted by Gasteiger charge is 2.20. The molecule has 1 aromatic carbocycles. The molecule has 1 N–H and O–H groups in total. The number of anilines is 2. The lowest BCUT2D eigenvalue weighted by atomic mass is 10.00. The number of nitro groups is 1. The molecule has 1 saturated heterocycles. The molecule has 0 spiro atoms. The lowest BCUT2D eigenvalue weighted by molar-refractivity contribution is -0.385. The highest BCUT2D eigenvalue weighted by atomic mass is 16.6. The van der Waals surface area contributed by atoms with Crippen molar-refractivity contribution in [2.24, 2.45) is 5.92 Å². The smallest absolute Gasteiger partial charge is 0.274 e. The summed E-state index contributed by atoms with van der Waals surface area (Å²) in [6, 6.07) is 4.60. The Kier molecular flexibility index (Phi) is 5.34. The van der Waals surface area contributed by atoms with Gasteiger partial charge in [-0.2, -0.15) is 0 Å². The topological polar surface area (TPSA) is 101 Å². The Morgan fingerprint density at radius 1 is 1.30 bits per heavy atom. The fraction of sp³-hybridized carbons (Fsp3) is 0.421. The first kappa shape index (κ1) is 18.8. The molecule has 1 aliphatic rings. The third-order valence-corrected chi connectivity index (χ3v) is 4.94. The predicted molar refractivity (Wildman–Crippen MR) is 103 cm³/mol. The van der Waals surface area contributed by atoms with E-state index >= 15 is 0 Å². The minimum absolute atomic E-state index is 0.0320. The minimum Gasteiger partial charge on any atom is -0.341 e. The number of nitrogens with zero attached hydrogens (tertiary/aromatic N) is 4. The van der Waals surface area contributed by atoms with E-state index in [9.17, 15) is 14.9 Å². The number of aromatic nitrogens is 2. The van der Waals surface area contributed by atoms with Gasteiger partial charge in [0, 0.05) is 36.6 Å². The third kappa shape index (κ3) is 4.21. The number of rotatable bonds is 4. The van der Waals surface area contributed by atoms with Crippen LogP contribution in [0.3, 0.4) is 0 Å². The maximum atomic E-state index is 12.6. The standard InChI is InChI=1S/C19H23N5O3/c1-12-6-8-23(9-7-12)19-20-11-16(14(3)21-19)18(25)22-15-5-4-13(2)17(10-15)24(26)27/h4-5,10-12H,6-9H2,1-3H3,(H,22,25). The van der Waals surface area contributed by atoms with Gasteiger partial charge in [0.1, 0.15) is 0 Å². The van der Waals surface area contributed by atoms with Crippen molar-refractivity contribution < 1.29 is 9.72 Å². The van der Waals surface area contributed by atoms with Crippen molar-refractivity contribution >= 4 is 23.2 Å². The van der Waals surface area contributed by atoms with Gasteiger partial charge in [0.2, 0.25) is 5.95 Å². The van der Waals surface area contributed by atoms with Gasteiger partial charge in [0.05, 0.1) is 16.2 Å². The highest BCUT2D eigenvalue weighted by molar-refractivity contribution is 6.05. The van der Waals surface area contributed by atoms with Crippen molar-refractivity contribution in [3.63, 3.8) is 0 Å². The SMILES string of the molecule is Cc1ccc(NC(=O)c2cnc(N3CCC(C)CC3)nc2C)cc1[N+](=O)[O-]. The Labute approximate surface area is 157 Å². The van der Waals surface area contributed by atoms with Gasteiger partial charge in [-0.15, -0.1) is 0 Å². The van der Waals surface area contributed by atoms with Crippen molar-refractivity contribution in [1.29, 1.82) is 0 Å². The Morgan fingerprint density at radius 2 is 2.00 bits per heavy atom. The molecule has 0 saturated carbocycles. The molecule has 2 aromatic rings. The molecule has 8 heteroatoms. The number of hydrogen-bond acceptors (Lipinski definition) is 6. The normalized spacial score (nSPS) is 14.9. The zero-order chi connectivity index (χ0) is 19.6. The van der Waals surface area contributed by atoms with Gasteiger partial charge >= 0.3 is 0 Å². The van der Waals surface area contributed by atoms with Crippen LogP contribution in [0.5, 0.6) is 0 Å². The molecule has 0 unspecified atom stereocenters. The van der Waals surface area contributed by atoms with Crippen LogP contribution in [-0.2, 0) is 0 Å². The van der Waals surface area contributed by atoms with Crippen molar-refractivity contribution in [2.75, 3.05) is 23.3 Å². The van der Waals surface area contributed by atoms with Gasteiger partial charge in [-0.1, -0.05) is 13.0 Å². The average Bonchev–Trinajstić information content (AvgIpc) is 2.63. The molecule has 0 atom stereocenters. The first-order valence-corrected chi connectivity index (χ1v) is 9.00. The molecule has 0 aliphatic carbocycles. The van der Waals surface area contributed by atoms with Crippen LogP contribution in [0.1, 0.15) is 41.4 Å². The first-order chi connectivity index (χ1) is 12.8. The largest absolute Gasteiger partial charge is 0.341 e. The lowest BCUT2D eigenvalue weighted by Crippen LogP contribution is -2.34. The Balaban J connectivity index is 1.75. The molecule has 2 heterocycles. The van der Waals surface area contributed by atoms with E-state index in [0.29, 0.717) is 34.4 Å². The Hall–Kier alpha value is -3.03. The molecule has 3 rings (SSSR count). The second kappa shape index (κ2) is 7.69. The maximum absolute atomic E-state index is 12.6. The summed E-state index contributed by atoms with van der Waals surface area (Å²) < 4.78 is 0. The lowest BCUT2D eigenvalue weighted by Gasteiger charge is -2.30. The van der Waals surface area contributed by atoms with E-state index in [-0.39, 0.29) is 11.6 Å². The summed E-state index contributed by atoms with van der Waals surface area (Å²) in [7, 11) is 0. The number of piperidine rings is 1. The van der Waals surface area contributed by atoms with Gasteiger partial charge in [0.15, 0.2) is 0 Å². The molecule has 1 amide bonds. The van der Waals surface area contributed by atoms with E-state index in [1.165, 1.54) is 12.3 Å². The fourth-order valence-electron chi connectivity index (χ4n) is 3.12. The highest BCUT2D eigenvalue weighted by Crippen LogP contribution is 2.24. The zero-order valence-electron chi connectivity index (χ0n) is 15.7. The quantitative estimate of drug-likeness (QED) is 0.654. The fourth-order valence-corrected chi connectivity index (χ4v) is 3.12. The summed E-state index contributed by atoms with van der Waals surface area (Å²) in [5, 5.41) is 13.7. The van der Waals surface area contributed by atoms with Gasteiger partial charge in [-0.25, -0.2) is 9.97 Å². The van der Waals surface area contributed by atoms with E-state index in [0.717, 1.165) is 25.9 Å². The summed E-state index contributed by atoms with van der Waals surface area (Å²) in [5.41, 5.74) is 1.81. The molecule has 1 aromatic heterocycles. The number of benzene rings is 1. The molecule has 8 nitrogen and oxygen atoms in total. The van der Waals surface area contributed by atoms with Gasteiger partial charge in [0.25, 0.3) is 11.6 Å². The number of nitro benzene ring substituents is 1. The predicted octanol–water partition coefficient (Wildman–Crippen LogP) is 3.49. The zero-order valence-corrected chi connectivity index (χ0v) is 15.7. The molecule has 27 heavy (non-hydrogen) atoms. The second-order valence-corrected chi connectivity index (χ2v) is 7.05. The number of carbonyl (C=O) groups excluding carboxylic acids is 1. The van der Waals surface area contributed by atoms with Crippen LogP contribution >= 0.6 is 0 Å². The number of hydrogen-bond donors (Lipinski definition) is 1. The average molecular weight is 369 g/mol. The summed E-state index contributed by atoms with van der Waals surface area (Å²) in [6.45, 7) is 7.50. The molecule has 0 radical (unpaired) electrons. The van der Waals surface area contributed by atoms with Gasteiger partial charge in [-0.05, 0) is 38.7 Å². The first-order valence-electron chi connectivity index (χ1n) is 9.00. The summed E-state index contributed by atoms with van der Waals surface area (Å²) in [4.78, 5) is 34.1. The number of nitrogens with one attached hydrogen (secondary N) is 1. The number of aryl methyl sites for hydroxylation is 2. The van der Waals surface area contributed by atoms with Crippen LogP contribution in [0.2, 0.25) is 0 Å². The van der Waals surface area contributed by atoms with Crippen molar-refractivity contribution in [1.82, 2.24) is 9.97 Å². The maximum Gasteiger partial charge on any atom is 0.274 e. The molecular formula is C19H23N5O3. The molecule has 1 aliphatic heterocycles. The van der Waals surface area contributed by atoms with Crippen LogP contribution in [-0.4, -0.2) is 33.9 Å². The monoisotopic (exact) mass is 369 g/mol. The van der Waals surface area contributed by atoms with Crippen LogP contribution in [0.15, 0.2) is 24.4 Å². The number of amides is 1. The molecular weight excluding hydrogens is 346 g/mol.